The number of hydrogen-bond donors (Lipinski definition) is 1. The van der Waals surface area contributed by atoms with Gasteiger partial charge in [-0.2, -0.15) is 0 Å². The molecule has 1 aliphatic rings. The number of halogens is 3. The Morgan fingerprint density at radius 2 is 1.91 bits per heavy atom. The Balaban J connectivity index is 1.82. The highest BCUT2D eigenvalue weighted by Gasteiger charge is 2.29. The van der Waals surface area contributed by atoms with Crippen molar-refractivity contribution in [3.8, 4) is 11.3 Å². The predicted octanol–water partition coefficient (Wildman–Crippen LogP) is 5.89. The predicted molar refractivity (Wildman–Crippen MR) is 120 cm³/mol. The molecule has 1 unspecified atom stereocenters. The van der Waals surface area contributed by atoms with E-state index in [4.69, 9.17) is 4.74 Å². The van der Waals surface area contributed by atoms with Crippen molar-refractivity contribution in [2.45, 2.75) is 19.9 Å². The van der Waals surface area contributed by atoms with Crippen molar-refractivity contribution in [1.29, 1.82) is 0 Å². The Labute approximate surface area is 189 Å². The summed E-state index contributed by atoms with van der Waals surface area (Å²) >= 11 is 0. The maximum Gasteiger partial charge on any atom is 0.344 e. The van der Waals surface area contributed by atoms with Crippen molar-refractivity contribution in [3.05, 3.63) is 107 Å². The van der Waals surface area contributed by atoms with E-state index in [1.807, 2.05) is 0 Å². The lowest BCUT2D eigenvalue weighted by Crippen LogP contribution is -2.24. The van der Waals surface area contributed by atoms with Gasteiger partial charge in [-0.05, 0) is 55.8 Å². The molecule has 4 rings (SSSR count). The fourth-order valence-electron chi connectivity index (χ4n) is 3.69. The third-order valence-corrected chi connectivity index (χ3v) is 5.28. The lowest BCUT2D eigenvalue weighted by atomic mass is 9.94. The summed E-state index contributed by atoms with van der Waals surface area (Å²) < 4.78 is 50.3. The first-order valence-corrected chi connectivity index (χ1v) is 10.4. The molecule has 168 valence electrons. The normalized spacial score (nSPS) is 15.1. The number of rotatable bonds is 5. The quantitative estimate of drug-likeness (QED) is 0.493. The first-order valence-electron chi connectivity index (χ1n) is 10.4. The zero-order valence-corrected chi connectivity index (χ0v) is 18.0. The zero-order chi connectivity index (χ0) is 23.5. The van der Waals surface area contributed by atoms with Gasteiger partial charge in [-0.1, -0.05) is 24.3 Å². The molecule has 1 aliphatic heterocycles. The van der Waals surface area contributed by atoms with Gasteiger partial charge in [-0.3, -0.25) is 4.98 Å². The number of dihydropyridines is 1. The second-order valence-electron chi connectivity index (χ2n) is 7.52. The molecule has 0 spiro atoms. The molecule has 2 aromatic carbocycles. The number of carbonyl (C=O) groups is 1. The fourth-order valence-corrected chi connectivity index (χ4v) is 3.69. The molecular formula is C26H21F3N2O2. The third-order valence-electron chi connectivity index (χ3n) is 5.28. The molecular weight excluding hydrogens is 429 g/mol. The summed E-state index contributed by atoms with van der Waals surface area (Å²) in [5.74, 6) is -3.62. The van der Waals surface area contributed by atoms with Crippen molar-refractivity contribution in [2.24, 2.45) is 0 Å². The Morgan fingerprint density at radius 1 is 1.09 bits per heavy atom. The van der Waals surface area contributed by atoms with Crippen LogP contribution in [0.15, 0.2) is 66.9 Å². The second-order valence-corrected chi connectivity index (χ2v) is 7.52. The van der Waals surface area contributed by atoms with Crippen molar-refractivity contribution >= 4 is 11.7 Å². The fraction of sp³-hybridized carbons (Fsp3) is 0.154. The van der Waals surface area contributed by atoms with E-state index in [2.05, 4.69) is 10.3 Å². The maximum atomic E-state index is 15.5. The van der Waals surface area contributed by atoms with Crippen molar-refractivity contribution in [3.63, 3.8) is 0 Å². The van der Waals surface area contributed by atoms with Crippen LogP contribution in [0.1, 0.15) is 40.0 Å². The highest BCUT2D eigenvalue weighted by molar-refractivity contribution is 5.92. The van der Waals surface area contributed by atoms with Crippen LogP contribution in [0.5, 0.6) is 0 Å². The van der Waals surface area contributed by atoms with E-state index in [1.165, 1.54) is 18.3 Å². The Kier molecular flexibility index (Phi) is 6.31. The maximum absolute atomic E-state index is 15.5. The van der Waals surface area contributed by atoms with E-state index >= 15 is 8.78 Å². The largest absolute Gasteiger partial charge is 0.462 e. The van der Waals surface area contributed by atoms with Gasteiger partial charge in [0.1, 0.15) is 23.0 Å². The number of benzene rings is 2. The monoisotopic (exact) mass is 450 g/mol. The molecule has 0 aliphatic carbocycles. The van der Waals surface area contributed by atoms with Crippen molar-refractivity contribution < 1.29 is 22.7 Å². The third kappa shape index (κ3) is 4.39. The number of nitrogens with one attached hydrogen (secondary N) is 1. The van der Waals surface area contributed by atoms with E-state index in [9.17, 15) is 9.18 Å². The summed E-state index contributed by atoms with van der Waals surface area (Å²) in [6, 6.07) is 10.2. The zero-order valence-electron chi connectivity index (χ0n) is 18.0. The van der Waals surface area contributed by atoms with Gasteiger partial charge in [0.05, 0.1) is 18.3 Å². The number of allylic oxidation sites excluding steroid dienone is 2. The van der Waals surface area contributed by atoms with Gasteiger partial charge in [-0.25, -0.2) is 18.0 Å². The van der Waals surface area contributed by atoms with Gasteiger partial charge in [0.15, 0.2) is 0 Å². The first kappa shape index (κ1) is 22.3. The van der Waals surface area contributed by atoms with Crippen LogP contribution in [-0.4, -0.2) is 17.6 Å². The number of esters is 1. The number of nitrogens with zero attached hydrogens (tertiary/aromatic N) is 1. The van der Waals surface area contributed by atoms with Crippen LogP contribution in [0.2, 0.25) is 0 Å². The van der Waals surface area contributed by atoms with Gasteiger partial charge in [-0.15, -0.1) is 0 Å². The molecule has 0 radical (unpaired) electrons. The number of aryl methyl sites for hydroxylation is 1. The number of ether oxygens (including phenoxy) is 1. The Hall–Kier alpha value is -3.87. The number of carbonyl (C=O) groups excluding carboxylic acids is 1. The molecule has 0 fully saturated rings. The average molecular weight is 450 g/mol. The lowest BCUT2D eigenvalue weighted by molar-refractivity contribution is 0.0515. The molecule has 33 heavy (non-hydrogen) atoms. The van der Waals surface area contributed by atoms with Crippen molar-refractivity contribution in [2.75, 3.05) is 6.61 Å². The highest BCUT2D eigenvalue weighted by atomic mass is 19.1. The standard InChI is InChI=1S/C26H21F3N2O2/c1-3-33-26(32)23-24(28)17(20-7-4-5-12-30-20)14-18(25(23)29)22-9-6-8-21(31-22)16-11-10-15(2)13-19(16)27/h4-14,22,31H,3H2,1-2H3. The molecule has 0 saturated carbocycles. The van der Waals surface area contributed by atoms with Gasteiger partial charge in [0.25, 0.3) is 0 Å². The SMILES string of the molecule is CCOC(=O)c1c(F)c(-c2ccccn2)cc(C2C=CC=C(c3ccc(C)cc3F)N2)c1F. The van der Waals surface area contributed by atoms with Crippen molar-refractivity contribution in [1.82, 2.24) is 10.3 Å². The van der Waals surface area contributed by atoms with Crippen LogP contribution in [0.3, 0.4) is 0 Å². The van der Waals surface area contributed by atoms with E-state index in [0.717, 1.165) is 5.56 Å². The van der Waals surface area contributed by atoms with Crippen LogP contribution >= 0.6 is 0 Å². The minimum absolute atomic E-state index is 0.00877. The molecule has 1 aromatic heterocycles. The summed E-state index contributed by atoms with van der Waals surface area (Å²) in [6.45, 7) is 3.29. The van der Waals surface area contributed by atoms with Crippen LogP contribution in [0.25, 0.3) is 17.0 Å². The summed E-state index contributed by atoms with van der Waals surface area (Å²) in [5.41, 5.74) is 0.930. The van der Waals surface area contributed by atoms with E-state index in [1.54, 1.807) is 62.4 Å². The average Bonchev–Trinajstić information content (AvgIpc) is 2.80. The van der Waals surface area contributed by atoms with Gasteiger partial charge in [0, 0.05) is 28.6 Å². The number of pyridine rings is 1. The van der Waals surface area contributed by atoms with Crippen LogP contribution in [0.4, 0.5) is 13.2 Å². The second kappa shape index (κ2) is 9.32. The minimum Gasteiger partial charge on any atom is -0.462 e. The Bertz CT molecular complexity index is 1270. The van der Waals surface area contributed by atoms with Gasteiger partial charge in [0.2, 0.25) is 0 Å². The number of aromatic nitrogens is 1. The van der Waals surface area contributed by atoms with E-state index < -0.39 is 35.0 Å². The minimum atomic E-state index is -1.10. The van der Waals surface area contributed by atoms with Gasteiger partial charge < -0.3 is 10.1 Å². The molecule has 0 saturated heterocycles. The summed E-state index contributed by atoms with van der Waals surface area (Å²) in [4.78, 5) is 16.6. The lowest BCUT2D eigenvalue weighted by Gasteiger charge is -2.24. The summed E-state index contributed by atoms with van der Waals surface area (Å²) in [6.07, 6.45) is 6.44. The highest BCUT2D eigenvalue weighted by Crippen LogP contribution is 2.34. The smallest absolute Gasteiger partial charge is 0.344 e. The van der Waals surface area contributed by atoms with Crippen LogP contribution in [-0.2, 0) is 4.74 Å². The molecule has 2 heterocycles. The van der Waals surface area contributed by atoms with Crippen LogP contribution < -0.4 is 5.32 Å². The molecule has 1 atom stereocenters. The van der Waals surface area contributed by atoms with Gasteiger partial charge >= 0.3 is 5.97 Å². The van der Waals surface area contributed by atoms with E-state index in [-0.39, 0.29) is 23.4 Å². The molecule has 0 amide bonds. The summed E-state index contributed by atoms with van der Waals surface area (Å²) in [5, 5.41) is 3.08. The van der Waals surface area contributed by atoms with Crippen LogP contribution in [0, 0.1) is 24.4 Å². The number of hydrogen-bond acceptors (Lipinski definition) is 4. The topological polar surface area (TPSA) is 51.2 Å². The molecule has 1 N–H and O–H groups in total. The Morgan fingerprint density at radius 3 is 2.61 bits per heavy atom. The molecule has 3 aromatic rings. The summed E-state index contributed by atoms with van der Waals surface area (Å²) in [7, 11) is 0. The molecule has 7 heteroatoms. The molecule has 0 bridgehead atoms. The van der Waals surface area contributed by atoms with E-state index in [0.29, 0.717) is 11.3 Å². The molecule has 4 nitrogen and oxygen atoms in total. The first-order chi connectivity index (χ1) is 15.9.